The summed E-state index contributed by atoms with van der Waals surface area (Å²) in [6.07, 6.45) is 1.31. The van der Waals surface area contributed by atoms with Crippen molar-refractivity contribution in [1.29, 1.82) is 0 Å². The van der Waals surface area contributed by atoms with Crippen molar-refractivity contribution in [2.24, 2.45) is 5.10 Å². The van der Waals surface area contributed by atoms with E-state index in [0.29, 0.717) is 23.6 Å². The van der Waals surface area contributed by atoms with Crippen molar-refractivity contribution in [2.75, 3.05) is 11.9 Å². The van der Waals surface area contributed by atoms with Crippen LogP contribution < -0.4 is 20.2 Å². The monoisotopic (exact) mass is 465 g/mol. The van der Waals surface area contributed by atoms with Gasteiger partial charge in [-0.05, 0) is 48.9 Å². The van der Waals surface area contributed by atoms with Gasteiger partial charge in [0.1, 0.15) is 11.5 Å². The number of rotatable bonds is 7. The first kappa shape index (κ1) is 23.5. The Kier molecular flexibility index (Phi) is 8.15. The summed E-state index contributed by atoms with van der Waals surface area (Å²) in [5.74, 6) is -1.75. The van der Waals surface area contributed by atoms with E-state index in [1.807, 2.05) is 6.92 Å². The number of nitrogens with zero attached hydrogens (tertiary/aromatic N) is 1. The lowest BCUT2D eigenvalue weighted by Crippen LogP contribution is -2.32. The number of amides is 2. The summed E-state index contributed by atoms with van der Waals surface area (Å²) in [5, 5.41) is 6.54. The van der Waals surface area contributed by atoms with E-state index in [2.05, 4.69) is 15.8 Å². The Bertz CT molecular complexity index is 1200. The Morgan fingerprint density at radius 3 is 2.52 bits per heavy atom. The zero-order valence-corrected chi connectivity index (χ0v) is 18.3. The predicted octanol–water partition coefficient (Wildman–Crippen LogP) is 4.05. The van der Waals surface area contributed by atoms with Crippen molar-refractivity contribution in [1.82, 2.24) is 5.43 Å². The molecule has 0 aliphatic carbocycles. The normalized spacial score (nSPS) is 10.5. The highest BCUT2D eigenvalue weighted by atomic mass is 35.5. The summed E-state index contributed by atoms with van der Waals surface area (Å²) in [5.41, 5.74) is 3.29. The quantitative estimate of drug-likeness (QED) is 0.180. The maximum Gasteiger partial charge on any atom is 0.345 e. The largest absolute Gasteiger partial charge is 0.492 e. The average molecular weight is 466 g/mol. The number of para-hydroxylation sites is 2. The molecule has 0 aliphatic rings. The van der Waals surface area contributed by atoms with E-state index in [0.717, 1.165) is 0 Å². The molecule has 2 amide bonds. The van der Waals surface area contributed by atoms with Crippen molar-refractivity contribution in [3.05, 3.63) is 88.9 Å². The highest BCUT2D eigenvalue weighted by Gasteiger charge is 2.15. The highest BCUT2D eigenvalue weighted by Crippen LogP contribution is 2.23. The third-order valence-corrected chi connectivity index (χ3v) is 4.51. The zero-order chi connectivity index (χ0) is 23.6. The zero-order valence-electron chi connectivity index (χ0n) is 17.6. The van der Waals surface area contributed by atoms with Gasteiger partial charge in [0.15, 0.2) is 0 Å². The summed E-state index contributed by atoms with van der Waals surface area (Å²) in [6, 6.07) is 19.8. The lowest BCUT2D eigenvalue weighted by atomic mass is 10.2. The van der Waals surface area contributed by atoms with Gasteiger partial charge in [-0.25, -0.2) is 10.2 Å². The molecule has 168 valence electrons. The van der Waals surface area contributed by atoms with E-state index in [-0.39, 0.29) is 16.3 Å². The van der Waals surface area contributed by atoms with Crippen molar-refractivity contribution in [3.8, 4) is 11.5 Å². The van der Waals surface area contributed by atoms with Gasteiger partial charge in [0, 0.05) is 0 Å². The first-order chi connectivity index (χ1) is 16.0. The molecule has 0 aliphatic heterocycles. The second-order valence-corrected chi connectivity index (χ2v) is 6.93. The molecule has 0 atom stereocenters. The summed E-state index contributed by atoms with van der Waals surface area (Å²) in [4.78, 5) is 36.5. The SMILES string of the molecule is CCOc1ccccc1NC(=O)C(=O)N/N=C/c1cccc(OC(=O)c2ccccc2Cl)c1. The van der Waals surface area contributed by atoms with E-state index >= 15 is 0 Å². The minimum Gasteiger partial charge on any atom is -0.492 e. The van der Waals surface area contributed by atoms with E-state index in [4.69, 9.17) is 21.1 Å². The molecule has 0 bridgehead atoms. The number of benzene rings is 3. The van der Waals surface area contributed by atoms with Crippen LogP contribution in [0.5, 0.6) is 11.5 Å². The lowest BCUT2D eigenvalue weighted by molar-refractivity contribution is -0.136. The molecule has 0 fully saturated rings. The van der Waals surface area contributed by atoms with Crippen LogP contribution in [0.3, 0.4) is 0 Å². The molecule has 3 aromatic rings. The second kappa shape index (κ2) is 11.4. The van der Waals surface area contributed by atoms with Crippen LogP contribution in [0, 0.1) is 0 Å². The Hall–Kier alpha value is -4.17. The predicted molar refractivity (Wildman–Crippen MR) is 125 cm³/mol. The summed E-state index contributed by atoms with van der Waals surface area (Å²) < 4.78 is 10.7. The van der Waals surface area contributed by atoms with Crippen molar-refractivity contribution in [2.45, 2.75) is 6.92 Å². The number of hydrogen-bond acceptors (Lipinski definition) is 6. The summed E-state index contributed by atoms with van der Waals surface area (Å²) in [7, 11) is 0. The molecule has 8 nitrogen and oxygen atoms in total. The van der Waals surface area contributed by atoms with Gasteiger partial charge in [-0.15, -0.1) is 0 Å². The van der Waals surface area contributed by atoms with Crippen LogP contribution in [0.2, 0.25) is 5.02 Å². The first-order valence-corrected chi connectivity index (χ1v) is 10.3. The van der Waals surface area contributed by atoms with E-state index in [9.17, 15) is 14.4 Å². The van der Waals surface area contributed by atoms with Crippen molar-refractivity contribution < 1.29 is 23.9 Å². The smallest absolute Gasteiger partial charge is 0.345 e. The number of nitrogens with one attached hydrogen (secondary N) is 2. The van der Waals surface area contributed by atoms with Crippen LogP contribution in [0.15, 0.2) is 77.9 Å². The molecule has 0 spiro atoms. The summed E-state index contributed by atoms with van der Waals surface area (Å²) in [6.45, 7) is 2.23. The van der Waals surface area contributed by atoms with Gasteiger partial charge >= 0.3 is 17.8 Å². The maximum atomic E-state index is 12.3. The third kappa shape index (κ3) is 6.65. The van der Waals surface area contributed by atoms with Gasteiger partial charge in [-0.3, -0.25) is 9.59 Å². The molecule has 9 heteroatoms. The fourth-order valence-corrected chi connectivity index (χ4v) is 2.91. The van der Waals surface area contributed by atoms with Crippen molar-refractivity contribution >= 4 is 41.3 Å². The van der Waals surface area contributed by atoms with Crippen LogP contribution in [0.4, 0.5) is 5.69 Å². The number of hydrogen-bond donors (Lipinski definition) is 2. The van der Waals surface area contributed by atoms with Gasteiger partial charge in [-0.2, -0.15) is 5.10 Å². The Morgan fingerprint density at radius 1 is 0.970 bits per heavy atom. The van der Waals surface area contributed by atoms with Gasteiger partial charge in [-0.1, -0.05) is 48.0 Å². The van der Waals surface area contributed by atoms with Gasteiger partial charge in [0.25, 0.3) is 0 Å². The first-order valence-electron chi connectivity index (χ1n) is 9.91. The molecular formula is C24H20ClN3O5. The van der Waals surface area contributed by atoms with Gasteiger partial charge < -0.3 is 14.8 Å². The number of esters is 1. The van der Waals surface area contributed by atoms with Crippen LogP contribution in [0.25, 0.3) is 0 Å². The van der Waals surface area contributed by atoms with Gasteiger partial charge in [0.05, 0.1) is 29.1 Å². The maximum absolute atomic E-state index is 12.3. The summed E-state index contributed by atoms with van der Waals surface area (Å²) >= 11 is 6.01. The van der Waals surface area contributed by atoms with Crippen LogP contribution >= 0.6 is 11.6 Å². The number of carbonyl (C=O) groups is 3. The minimum absolute atomic E-state index is 0.238. The Balaban J connectivity index is 1.58. The number of hydrazone groups is 1. The molecule has 2 N–H and O–H groups in total. The highest BCUT2D eigenvalue weighted by molar-refractivity contribution is 6.39. The molecule has 0 radical (unpaired) electrons. The lowest BCUT2D eigenvalue weighted by Gasteiger charge is -2.10. The third-order valence-electron chi connectivity index (χ3n) is 4.18. The topological polar surface area (TPSA) is 106 Å². The number of halogens is 1. The van der Waals surface area contributed by atoms with Crippen LogP contribution in [0.1, 0.15) is 22.8 Å². The van der Waals surface area contributed by atoms with E-state index in [1.165, 1.54) is 6.21 Å². The van der Waals surface area contributed by atoms with Crippen LogP contribution in [-0.4, -0.2) is 30.6 Å². The molecule has 3 rings (SSSR count). The molecule has 0 saturated heterocycles. The fraction of sp³-hybridized carbons (Fsp3) is 0.0833. The second-order valence-electron chi connectivity index (χ2n) is 6.52. The molecule has 0 aromatic heterocycles. The Morgan fingerprint density at radius 2 is 1.73 bits per heavy atom. The molecule has 33 heavy (non-hydrogen) atoms. The number of anilines is 1. The standard InChI is InChI=1S/C24H20ClN3O5/c1-2-32-21-13-6-5-12-20(21)27-22(29)23(30)28-26-15-16-8-7-9-17(14-16)33-24(31)18-10-3-4-11-19(18)25/h3-15H,2H2,1H3,(H,27,29)(H,28,30)/b26-15+. The minimum atomic E-state index is -0.959. The number of ether oxygens (including phenoxy) is 2. The fourth-order valence-electron chi connectivity index (χ4n) is 2.69. The average Bonchev–Trinajstić information content (AvgIpc) is 2.81. The molecule has 3 aromatic carbocycles. The van der Waals surface area contributed by atoms with Gasteiger partial charge in [0.2, 0.25) is 0 Å². The van der Waals surface area contributed by atoms with E-state index in [1.54, 1.807) is 72.8 Å². The Labute approximate surface area is 195 Å². The molecule has 0 unspecified atom stereocenters. The molecular weight excluding hydrogens is 446 g/mol. The van der Waals surface area contributed by atoms with Crippen molar-refractivity contribution in [3.63, 3.8) is 0 Å². The molecule has 0 saturated carbocycles. The van der Waals surface area contributed by atoms with E-state index < -0.39 is 17.8 Å². The van der Waals surface area contributed by atoms with Crippen LogP contribution in [-0.2, 0) is 9.59 Å². The number of carbonyl (C=O) groups excluding carboxylic acids is 3. The molecule has 0 heterocycles.